The summed E-state index contributed by atoms with van der Waals surface area (Å²) in [6, 6.07) is 12.3. The van der Waals surface area contributed by atoms with Gasteiger partial charge in [-0.05, 0) is 41.8 Å². The van der Waals surface area contributed by atoms with Gasteiger partial charge in [0.15, 0.2) is 13.2 Å². The zero-order chi connectivity index (χ0) is 19.8. The number of hydrogen-bond acceptors (Lipinski definition) is 5. The molecule has 0 saturated heterocycles. The summed E-state index contributed by atoms with van der Waals surface area (Å²) in [5.74, 6) is 0.277. The minimum atomic E-state index is -0.642. The molecule has 144 valence electrons. The summed E-state index contributed by atoms with van der Waals surface area (Å²) in [7, 11) is 1.48. The molecule has 0 aliphatic rings. The highest BCUT2D eigenvalue weighted by Gasteiger charge is 2.12. The molecule has 0 aliphatic heterocycles. The number of hydrogen-bond donors (Lipinski definition) is 1. The highest BCUT2D eigenvalue weighted by molar-refractivity contribution is 6.31. The zero-order valence-corrected chi connectivity index (χ0v) is 16.2. The van der Waals surface area contributed by atoms with Gasteiger partial charge in [-0.15, -0.1) is 0 Å². The van der Waals surface area contributed by atoms with E-state index in [9.17, 15) is 9.59 Å². The van der Waals surface area contributed by atoms with Crippen molar-refractivity contribution in [1.82, 2.24) is 0 Å². The first-order valence-corrected chi connectivity index (χ1v) is 8.78. The molecule has 2 aromatic carbocycles. The lowest BCUT2D eigenvalue weighted by molar-refractivity contribution is -0.149. The lowest BCUT2D eigenvalue weighted by Gasteiger charge is -2.11. The van der Waals surface area contributed by atoms with Crippen molar-refractivity contribution in [2.45, 2.75) is 19.8 Å². The standard InChI is InChI=1S/C20H22ClNO5/c1-13(2)14-4-7-16(8-5-14)26-12-20(24)27-11-19(23)22-17-10-15(21)6-9-18(17)25-3/h4-10,13H,11-12H2,1-3H3,(H,22,23). The van der Waals surface area contributed by atoms with E-state index in [1.165, 1.54) is 12.7 Å². The topological polar surface area (TPSA) is 73.9 Å². The molecule has 1 amide bonds. The molecule has 0 aliphatic carbocycles. The summed E-state index contributed by atoms with van der Waals surface area (Å²) < 4.78 is 15.4. The quantitative estimate of drug-likeness (QED) is 0.687. The molecular formula is C20H22ClNO5. The Hall–Kier alpha value is -2.73. The summed E-state index contributed by atoms with van der Waals surface area (Å²) in [6.07, 6.45) is 0. The van der Waals surface area contributed by atoms with Crippen LogP contribution in [0, 0.1) is 0 Å². The Morgan fingerprint density at radius 1 is 1.07 bits per heavy atom. The lowest BCUT2D eigenvalue weighted by Crippen LogP contribution is -2.23. The van der Waals surface area contributed by atoms with Gasteiger partial charge in [0.1, 0.15) is 11.5 Å². The molecule has 6 nitrogen and oxygen atoms in total. The Bertz CT molecular complexity index is 789. The molecule has 0 heterocycles. The van der Waals surface area contributed by atoms with Crippen LogP contribution in [-0.2, 0) is 14.3 Å². The van der Waals surface area contributed by atoms with Crippen molar-refractivity contribution in [3.63, 3.8) is 0 Å². The summed E-state index contributed by atoms with van der Waals surface area (Å²) in [5.41, 5.74) is 1.57. The van der Waals surface area contributed by atoms with Gasteiger partial charge in [0.25, 0.3) is 5.91 Å². The fraction of sp³-hybridized carbons (Fsp3) is 0.300. The van der Waals surface area contributed by atoms with Gasteiger partial charge >= 0.3 is 5.97 Å². The van der Waals surface area contributed by atoms with Crippen LogP contribution in [0.25, 0.3) is 0 Å². The van der Waals surface area contributed by atoms with E-state index < -0.39 is 18.5 Å². The Balaban J connectivity index is 1.78. The zero-order valence-electron chi connectivity index (χ0n) is 15.5. The maximum absolute atomic E-state index is 11.9. The number of carbonyl (C=O) groups excluding carboxylic acids is 2. The molecule has 0 radical (unpaired) electrons. The molecule has 0 atom stereocenters. The van der Waals surface area contributed by atoms with Gasteiger partial charge in [-0.2, -0.15) is 0 Å². The molecular weight excluding hydrogens is 370 g/mol. The van der Waals surface area contributed by atoms with Crippen molar-refractivity contribution < 1.29 is 23.8 Å². The number of nitrogens with one attached hydrogen (secondary N) is 1. The highest BCUT2D eigenvalue weighted by atomic mass is 35.5. The van der Waals surface area contributed by atoms with Gasteiger partial charge in [0.05, 0.1) is 12.8 Å². The third-order valence-electron chi connectivity index (χ3n) is 3.70. The second kappa shape index (κ2) is 9.83. The maximum atomic E-state index is 11.9. The van der Waals surface area contributed by atoms with Gasteiger partial charge in [-0.1, -0.05) is 37.6 Å². The average molecular weight is 392 g/mol. The molecule has 27 heavy (non-hydrogen) atoms. The first kappa shape index (κ1) is 20.6. The number of amides is 1. The lowest BCUT2D eigenvalue weighted by atomic mass is 10.0. The van der Waals surface area contributed by atoms with Gasteiger partial charge in [0, 0.05) is 5.02 Å². The Morgan fingerprint density at radius 3 is 2.41 bits per heavy atom. The van der Waals surface area contributed by atoms with Crippen LogP contribution in [0.15, 0.2) is 42.5 Å². The SMILES string of the molecule is COc1ccc(Cl)cc1NC(=O)COC(=O)COc1ccc(C(C)C)cc1. The second-order valence-electron chi connectivity index (χ2n) is 6.07. The Labute approximate surface area is 163 Å². The maximum Gasteiger partial charge on any atom is 0.344 e. The first-order chi connectivity index (χ1) is 12.9. The van der Waals surface area contributed by atoms with Crippen molar-refractivity contribution in [3.8, 4) is 11.5 Å². The summed E-state index contributed by atoms with van der Waals surface area (Å²) in [4.78, 5) is 23.7. The minimum absolute atomic E-state index is 0.283. The average Bonchev–Trinajstić information content (AvgIpc) is 2.65. The van der Waals surface area contributed by atoms with Crippen LogP contribution in [0.1, 0.15) is 25.3 Å². The predicted octanol–water partition coefficient (Wildman–Crippen LogP) is 4.03. The largest absolute Gasteiger partial charge is 0.495 e. The minimum Gasteiger partial charge on any atom is -0.495 e. The van der Waals surface area contributed by atoms with Gasteiger partial charge < -0.3 is 19.5 Å². The van der Waals surface area contributed by atoms with Crippen molar-refractivity contribution in [1.29, 1.82) is 0 Å². The summed E-state index contributed by atoms with van der Waals surface area (Å²) >= 11 is 5.90. The predicted molar refractivity (Wildman–Crippen MR) is 104 cm³/mol. The number of anilines is 1. The Kier molecular flexibility index (Phi) is 7.49. The summed E-state index contributed by atoms with van der Waals surface area (Å²) in [6.45, 7) is 3.47. The summed E-state index contributed by atoms with van der Waals surface area (Å²) in [5, 5.41) is 3.03. The molecule has 0 unspecified atom stereocenters. The van der Waals surface area contributed by atoms with E-state index in [-0.39, 0.29) is 6.61 Å². The van der Waals surface area contributed by atoms with Crippen molar-refractivity contribution in [3.05, 3.63) is 53.1 Å². The molecule has 0 bridgehead atoms. The number of esters is 1. The van der Waals surface area contributed by atoms with Crippen LogP contribution in [0.2, 0.25) is 5.02 Å². The van der Waals surface area contributed by atoms with Crippen molar-refractivity contribution >= 4 is 29.2 Å². The van der Waals surface area contributed by atoms with Gasteiger partial charge in [-0.3, -0.25) is 4.79 Å². The number of methoxy groups -OCH3 is 1. The van der Waals surface area contributed by atoms with Gasteiger partial charge in [0.2, 0.25) is 0 Å². The van der Waals surface area contributed by atoms with Crippen LogP contribution in [0.3, 0.4) is 0 Å². The van der Waals surface area contributed by atoms with Crippen molar-refractivity contribution in [2.24, 2.45) is 0 Å². The Morgan fingerprint density at radius 2 is 1.78 bits per heavy atom. The molecule has 0 aromatic heterocycles. The normalized spacial score (nSPS) is 10.4. The number of benzene rings is 2. The van der Waals surface area contributed by atoms with E-state index in [0.29, 0.717) is 28.1 Å². The third kappa shape index (κ3) is 6.49. The van der Waals surface area contributed by atoms with Crippen LogP contribution < -0.4 is 14.8 Å². The number of halogens is 1. The molecule has 2 aromatic rings. The van der Waals surface area contributed by atoms with E-state index in [1.54, 1.807) is 30.3 Å². The smallest absolute Gasteiger partial charge is 0.344 e. The van der Waals surface area contributed by atoms with E-state index in [0.717, 1.165) is 0 Å². The molecule has 1 N–H and O–H groups in total. The molecule has 2 rings (SSSR count). The van der Waals surface area contributed by atoms with Crippen molar-refractivity contribution in [2.75, 3.05) is 25.6 Å². The fourth-order valence-electron chi connectivity index (χ4n) is 2.24. The van der Waals surface area contributed by atoms with E-state index in [4.69, 9.17) is 25.8 Å². The van der Waals surface area contributed by atoms with Crippen LogP contribution in [-0.4, -0.2) is 32.2 Å². The van der Waals surface area contributed by atoms with Gasteiger partial charge in [-0.25, -0.2) is 4.79 Å². The van der Waals surface area contributed by atoms with E-state index >= 15 is 0 Å². The van der Waals surface area contributed by atoms with Crippen LogP contribution in [0.5, 0.6) is 11.5 Å². The number of ether oxygens (including phenoxy) is 3. The first-order valence-electron chi connectivity index (χ1n) is 8.41. The molecule has 0 saturated carbocycles. The van der Waals surface area contributed by atoms with Crippen LogP contribution >= 0.6 is 11.6 Å². The monoisotopic (exact) mass is 391 g/mol. The third-order valence-corrected chi connectivity index (χ3v) is 3.94. The number of carbonyl (C=O) groups is 2. The fourth-order valence-corrected chi connectivity index (χ4v) is 2.42. The van der Waals surface area contributed by atoms with Crippen LogP contribution in [0.4, 0.5) is 5.69 Å². The van der Waals surface area contributed by atoms with E-state index in [2.05, 4.69) is 19.2 Å². The second-order valence-corrected chi connectivity index (χ2v) is 6.50. The van der Waals surface area contributed by atoms with E-state index in [1.807, 2.05) is 12.1 Å². The number of rotatable bonds is 8. The molecule has 0 fully saturated rings. The highest BCUT2D eigenvalue weighted by Crippen LogP contribution is 2.27. The molecule has 0 spiro atoms. The molecule has 7 heteroatoms.